The minimum Gasteiger partial charge on any atom is -0.364 e. The van der Waals surface area contributed by atoms with Gasteiger partial charge in [0.2, 0.25) is 0 Å². The molecule has 0 saturated heterocycles. The van der Waals surface area contributed by atoms with E-state index in [1.807, 2.05) is 12.4 Å². The van der Waals surface area contributed by atoms with Crippen LogP contribution in [0.1, 0.15) is 38.1 Å². The standard InChI is InChI=1S/C13H19N3/c1-2-3-5-10-16-11-6-4-7-12(16)13-14-8-9-15-13/h4,6-9,11-12H,2-3,5,10H2,1H3,(H,14,15). The molecule has 1 aromatic rings. The predicted molar refractivity (Wildman–Crippen MR) is 65.8 cm³/mol. The van der Waals surface area contributed by atoms with Crippen LogP contribution in [0.15, 0.2) is 36.8 Å². The topological polar surface area (TPSA) is 31.9 Å². The van der Waals surface area contributed by atoms with Crippen LogP contribution >= 0.6 is 0 Å². The fraction of sp³-hybridized carbons (Fsp3) is 0.462. The highest BCUT2D eigenvalue weighted by molar-refractivity contribution is 5.18. The van der Waals surface area contributed by atoms with E-state index < -0.39 is 0 Å². The fourth-order valence-corrected chi connectivity index (χ4v) is 1.98. The van der Waals surface area contributed by atoms with E-state index in [0.717, 1.165) is 12.4 Å². The lowest BCUT2D eigenvalue weighted by molar-refractivity contribution is 0.304. The number of allylic oxidation sites excluding steroid dienone is 2. The van der Waals surface area contributed by atoms with Gasteiger partial charge in [-0.25, -0.2) is 4.98 Å². The molecule has 1 N–H and O–H groups in total. The Balaban J connectivity index is 1.99. The van der Waals surface area contributed by atoms with Crippen molar-refractivity contribution < 1.29 is 0 Å². The maximum absolute atomic E-state index is 4.34. The third kappa shape index (κ3) is 2.54. The summed E-state index contributed by atoms with van der Waals surface area (Å²) >= 11 is 0. The SMILES string of the molecule is CCCCCN1C=CC=CC1c1ncc[nH]1. The summed E-state index contributed by atoms with van der Waals surface area (Å²) in [5, 5.41) is 0. The molecule has 2 heterocycles. The molecular formula is C13H19N3. The van der Waals surface area contributed by atoms with Gasteiger partial charge in [0, 0.05) is 25.1 Å². The second-order valence-corrected chi connectivity index (χ2v) is 4.09. The summed E-state index contributed by atoms with van der Waals surface area (Å²) in [6.07, 6.45) is 16.0. The number of aromatic nitrogens is 2. The lowest BCUT2D eigenvalue weighted by Crippen LogP contribution is -2.25. The van der Waals surface area contributed by atoms with Crippen molar-refractivity contribution in [3.8, 4) is 0 Å². The molecule has 0 fully saturated rings. The molecule has 1 aromatic heterocycles. The van der Waals surface area contributed by atoms with Gasteiger partial charge in [0.15, 0.2) is 0 Å². The van der Waals surface area contributed by atoms with Crippen LogP contribution in [0.2, 0.25) is 0 Å². The Morgan fingerprint density at radius 1 is 1.38 bits per heavy atom. The van der Waals surface area contributed by atoms with Crippen molar-refractivity contribution in [3.63, 3.8) is 0 Å². The van der Waals surface area contributed by atoms with Gasteiger partial charge in [-0.1, -0.05) is 31.9 Å². The Kier molecular flexibility index (Phi) is 3.81. The largest absolute Gasteiger partial charge is 0.364 e. The molecule has 3 heteroatoms. The molecule has 1 aliphatic heterocycles. The minimum atomic E-state index is 0.275. The molecule has 86 valence electrons. The van der Waals surface area contributed by atoms with Crippen molar-refractivity contribution in [3.05, 3.63) is 42.6 Å². The van der Waals surface area contributed by atoms with Crippen LogP contribution in [0.4, 0.5) is 0 Å². The first kappa shape index (κ1) is 11.0. The van der Waals surface area contributed by atoms with Gasteiger partial charge in [0.1, 0.15) is 11.9 Å². The van der Waals surface area contributed by atoms with Crippen LogP contribution in [0.3, 0.4) is 0 Å². The van der Waals surface area contributed by atoms with Crippen molar-refractivity contribution in [2.24, 2.45) is 0 Å². The Morgan fingerprint density at radius 2 is 2.31 bits per heavy atom. The lowest BCUT2D eigenvalue weighted by atomic mass is 10.1. The highest BCUT2D eigenvalue weighted by Gasteiger charge is 2.17. The second kappa shape index (κ2) is 5.54. The molecule has 16 heavy (non-hydrogen) atoms. The van der Waals surface area contributed by atoms with Gasteiger partial charge in [-0.05, 0) is 12.5 Å². The van der Waals surface area contributed by atoms with Crippen molar-refractivity contribution in [2.45, 2.75) is 32.2 Å². The van der Waals surface area contributed by atoms with E-state index in [4.69, 9.17) is 0 Å². The monoisotopic (exact) mass is 217 g/mol. The van der Waals surface area contributed by atoms with Crippen LogP contribution < -0.4 is 0 Å². The molecule has 0 spiro atoms. The first-order chi connectivity index (χ1) is 7.92. The Bertz CT molecular complexity index is 351. The van der Waals surface area contributed by atoms with Gasteiger partial charge >= 0.3 is 0 Å². The Hall–Kier alpha value is -1.51. The van der Waals surface area contributed by atoms with E-state index in [1.165, 1.54) is 19.3 Å². The maximum Gasteiger partial charge on any atom is 0.132 e. The maximum atomic E-state index is 4.34. The first-order valence-corrected chi connectivity index (χ1v) is 6.02. The number of unbranched alkanes of at least 4 members (excludes halogenated alkanes) is 2. The molecule has 0 aromatic carbocycles. The average molecular weight is 217 g/mol. The van der Waals surface area contributed by atoms with Crippen LogP contribution in [-0.2, 0) is 0 Å². The van der Waals surface area contributed by atoms with Gasteiger partial charge < -0.3 is 9.88 Å². The number of rotatable bonds is 5. The number of aromatic amines is 1. The van der Waals surface area contributed by atoms with Crippen molar-refractivity contribution >= 4 is 0 Å². The number of imidazole rings is 1. The van der Waals surface area contributed by atoms with Gasteiger partial charge in [0.05, 0.1) is 0 Å². The van der Waals surface area contributed by atoms with E-state index in [1.54, 1.807) is 0 Å². The second-order valence-electron chi connectivity index (χ2n) is 4.09. The number of nitrogens with one attached hydrogen (secondary N) is 1. The first-order valence-electron chi connectivity index (χ1n) is 6.02. The summed E-state index contributed by atoms with van der Waals surface area (Å²) in [5.41, 5.74) is 0. The van der Waals surface area contributed by atoms with E-state index in [9.17, 15) is 0 Å². The molecule has 2 rings (SSSR count). The van der Waals surface area contributed by atoms with Crippen molar-refractivity contribution in [1.29, 1.82) is 0 Å². The van der Waals surface area contributed by atoms with E-state index in [0.29, 0.717) is 0 Å². The summed E-state index contributed by atoms with van der Waals surface area (Å²) in [5.74, 6) is 1.03. The molecule has 0 amide bonds. The van der Waals surface area contributed by atoms with Gasteiger partial charge in [0.25, 0.3) is 0 Å². The molecule has 0 radical (unpaired) electrons. The normalized spacial score (nSPS) is 19.3. The molecule has 1 unspecified atom stereocenters. The van der Waals surface area contributed by atoms with Crippen LogP contribution in [0.25, 0.3) is 0 Å². The van der Waals surface area contributed by atoms with Crippen LogP contribution in [0, 0.1) is 0 Å². The highest BCUT2D eigenvalue weighted by Crippen LogP contribution is 2.22. The zero-order valence-electron chi connectivity index (χ0n) is 9.76. The molecule has 0 saturated carbocycles. The molecule has 1 aliphatic rings. The van der Waals surface area contributed by atoms with Gasteiger partial charge in [-0.15, -0.1) is 0 Å². The number of H-pyrrole nitrogens is 1. The van der Waals surface area contributed by atoms with Gasteiger partial charge in [-0.2, -0.15) is 0 Å². The summed E-state index contributed by atoms with van der Waals surface area (Å²) in [6, 6.07) is 0.275. The fourth-order valence-electron chi connectivity index (χ4n) is 1.98. The summed E-state index contributed by atoms with van der Waals surface area (Å²) in [4.78, 5) is 9.87. The third-order valence-electron chi connectivity index (χ3n) is 2.86. The Morgan fingerprint density at radius 3 is 3.06 bits per heavy atom. The average Bonchev–Trinajstić information content (AvgIpc) is 2.83. The zero-order chi connectivity index (χ0) is 11.2. The Labute approximate surface area is 96.9 Å². The summed E-state index contributed by atoms with van der Waals surface area (Å²) in [6.45, 7) is 3.33. The van der Waals surface area contributed by atoms with Gasteiger partial charge in [-0.3, -0.25) is 0 Å². The van der Waals surface area contributed by atoms with Crippen LogP contribution in [0.5, 0.6) is 0 Å². The smallest absolute Gasteiger partial charge is 0.132 e. The lowest BCUT2D eigenvalue weighted by Gasteiger charge is -2.29. The predicted octanol–water partition coefficient (Wildman–Crippen LogP) is 3.03. The van der Waals surface area contributed by atoms with Crippen molar-refractivity contribution in [2.75, 3.05) is 6.54 Å². The number of hydrogen-bond acceptors (Lipinski definition) is 2. The van der Waals surface area contributed by atoms with Crippen LogP contribution in [-0.4, -0.2) is 21.4 Å². The summed E-state index contributed by atoms with van der Waals surface area (Å²) in [7, 11) is 0. The quantitative estimate of drug-likeness (QED) is 0.769. The minimum absolute atomic E-state index is 0.275. The molecule has 0 bridgehead atoms. The highest BCUT2D eigenvalue weighted by atomic mass is 15.2. The van der Waals surface area contributed by atoms with Crippen molar-refractivity contribution in [1.82, 2.24) is 14.9 Å². The molecular weight excluding hydrogens is 198 g/mol. The number of nitrogens with zero attached hydrogens (tertiary/aromatic N) is 2. The third-order valence-corrected chi connectivity index (χ3v) is 2.86. The summed E-state index contributed by atoms with van der Waals surface area (Å²) < 4.78 is 0. The van der Waals surface area contributed by atoms with E-state index in [-0.39, 0.29) is 6.04 Å². The number of hydrogen-bond donors (Lipinski definition) is 1. The molecule has 3 nitrogen and oxygen atoms in total. The zero-order valence-corrected chi connectivity index (χ0v) is 9.76. The molecule has 1 atom stereocenters. The van der Waals surface area contributed by atoms with E-state index >= 15 is 0 Å². The van der Waals surface area contributed by atoms with E-state index in [2.05, 4.69) is 46.2 Å². The molecule has 0 aliphatic carbocycles.